The molecule has 1 fully saturated rings. The van der Waals surface area contributed by atoms with E-state index in [0.29, 0.717) is 25.0 Å². The zero-order valence-corrected chi connectivity index (χ0v) is 21.0. The van der Waals surface area contributed by atoms with Gasteiger partial charge in [0.1, 0.15) is 12.4 Å². The summed E-state index contributed by atoms with van der Waals surface area (Å²) in [5.74, 6) is 3.82. The van der Waals surface area contributed by atoms with Gasteiger partial charge in [-0.3, -0.25) is 0 Å². The quantitative estimate of drug-likeness (QED) is 0.303. The second kappa shape index (κ2) is 12.3. The van der Waals surface area contributed by atoms with Crippen molar-refractivity contribution in [2.24, 2.45) is 12.0 Å². The predicted octanol–water partition coefficient (Wildman–Crippen LogP) is 4.20. The number of aryl methyl sites for hydroxylation is 1. The summed E-state index contributed by atoms with van der Waals surface area (Å²) in [5, 5.41) is 19.6. The summed E-state index contributed by atoms with van der Waals surface area (Å²) in [4.78, 5) is 4.76. The van der Waals surface area contributed by atoms with E-state index in [-0.39, 0.29) is 24.0 Å². The summed E-state index contributed by atoms with van der Waals surface area (Å²) in [7, 11) is 1.97. The fourth-order valence-electron chi connectivity index (χ4n) is 3.81. The predicted molar refractivity (Wildman–Crippen MR) is 129 cm³/mol. The Kier molecular flexibility index (Phi) is 10.1. The van der Waals surface area contributed by atoms with E-state index in [1.54, 1.807) is 0 Å². The molecule has 0 atom stereocenters. The molecule has 0 unspecified atom stereocenters. The van der Waals surface area contributed by atoms with Crippen molar-refractivity contribution in [3.05, 3.63) is 29.2 Å². The molecule has 2 N–H and O–H groups in total. The molecule has 8 nitrogen and oxygen atoms in total. The Balaban J connectivity index is 0.00000320. The largest absolute Gasteiger partial charge is 0.359 e. The van der Waals surface area contributed by atoms with E-state index in [2.05, 4.69) is 45.9 Å². The first kappa shape index (κ1) is 24.6. The van der Waals surface area contributed by atoms with E-state index in [1.807, 2.05) is 18.5 Å². The Morgan fingerprint density at radius 1 is 1.23 bits per heavy atom. The van der Waals surface area contributed by atoms with E-state index in [0.717, 1.165) is 41.9 Å². The number of aliphatic imine (C=N–C) groups is 1. The molecule has 1 aliphatic rings. The van der Waals surface area contributed by atoms with Crippen molar-refractivity contribution < 1.29 is 4.52 Å². The topological polar surface area (TPSA) is 93.2 Å². The Hall–Kier alpha value is -1.65. The van der Waals surface area contributed by atoms with Gasteiger partial charge in [-0.15, -0.1) is 34.2 Å². The lowest BCUT2D eigenvalue weighted by Gasteiger charge is -2.24. The molecule has 2 heterocycles. The molecular weight excluding hydrogens is 493 g/mol. The summed E-state index contributed by atoms with van der Waals surface area (Å²) in [6, 6.07) is 2.53. The van der Waals surface area contributed by atoms with Crippen molar-refractivity contribution in [3.8, 4) is 0 Å². The first-order valence-electron chi connectivity index (χ1n) is 11.0. The third-order valence-electron chi connectivity index (χ3n) is 5.92. The Bertz CT molecular complexity index is 791. The zero-order valence-electron chi connectivity index (χ0n) is 18.6. The molecule has 2 aromatic heterocycles. The fraction of sp³-hybridized carbons (Fsp3) is 0.714. The molecule has 1 aliphatic carbocycles. The number of guanidine groups is 1. The van der Waals surface area contributed by atoms with Crippen LogP contribution in [-0.2, 0) is 20.1 Å². The molecule has 0 aromatic carbocycles. The maximum atomic E-state index is 5.55. The van der Waals surface area contributed by atoms with Crippen LogP contribution in [0.1, 0.15) is 87.8 Å². The number of nitrogens with one attached hydrogen (secondary N) is 2. The highest BCUT2D eigenvalue weighted by Gasteiger charge is 2.17. The molecule has 0 aliphatic heterocycles. The molecule has 30 heavy (non-hydrogen) atoms. The van der Waals surface area contributed by atoms with Gasteiger partial charge in [-0.25, -0.2) is 4.99 Å². The first-order valence-corrected chi connectivity index (χ1v) is 11.0. The lowest BCUT2D eigenvalue weighted by molar-refractivity contribution is 0.366. The van der Waals surface area contributed by atoms with Gasteiger partial charge in [0.05, 0.1) is 12.2 Å². The van der Waals surface area contributed by atoms with Crippen molar-refractivity contribution in [2.75, 3.05) is 0 Å². The summed E-state index contributed by atoms with van der Waals surface area (Å²) < 4.78 is 7.53. The molecule has 9 heteroatoms. The number of rotatable bonds is 8. The number of aromatic nitrogens is 4. The van der Waals surface area contributed by atoms with Crippen LogP contribution < -0.4 is 10.6 Å². The summed E-state index contributed by atoms with van der Waals surface area (Å²) in [5.41, 5.74) is 1.04. The van der Waals surface area contributed by atoms with Gasteiger partial charge in [0.2, 0.25) is 0 Å². The Labute approximate surface area is 196 Å². The van der Waals surface area contributed by atoms with E-state index in [9.17, 15) is 0 Å². The van der Waals surface area contributed by atoms with Gasteiger partial charge >= 0.3 is 0 Å². The van der Waals surface area contributed by atoms with E-state index < -0.39 is 0 Å². The highest BCUT2D eigenvalue weighted by Crippen LogP contribution is 2.22. The normalized spacial score (nSPS) is 15.3. The second-order valence-corrected chi connectivity index (χ2v) is 7.95. The van der Waals surface area contributed by atoms with E-state index in [4.69, 9.17) is 9.52 Å². The first-order chi connectivity index (χ1) is 14.1. The molecule has 0 amide bonds. The molecule has 1 saturated carbocycles. The molecular formula is C21H36IN7O. The van der Waals surface area contributed by atoms with Crippen LogP contribution in [-0.4, -0.2) is 31.9 Å². The monoisotopic (exact) mass is 529 g/mol. The van der Waals surface area contributed by atoms with Crippen LogP contribution in [0.15, 0.2) is 15.6 Å². The Morgan fingerprint density at radius 2 is 1.97 bits per heavy atom. The number of halogens is 1. The van der Waals surface area contributed by atoms with Crippen LogP contribution in [0.2, 0.25) is 0 Å². The molecule has 3 rings (SSSR count). The molecule has 0 spiro atoms. The van der Waals surface area contributed by atoms with Crippen molar-refractivity contribution >= 4 is 29.9 Å². The fourth-order valence-corrected chi connectivity index (χ4v) is 3.81. The molecule has 0 saturated heterocycles. The maximum absolute atomic E-state index is 5.55. The molecule has 2 aromatic rings. The summed E-state index contributed by atoms with van der Waals surface area (Å²) in [6.45, 7) is 7.36. The standard InChI is InChI=1S/C21H35N7O.HI/c1-5-16(6-2)19-12-18(29-27-19)13-22-21(24-17-10-8-7-9-11-17)23-14-20-26-25-15(3)28(20)4;/h12,16-17H,5-11,13-14H2,1-4H3,(H2,22,23,24);1H. The van der Waals surface area contributed by atoms with E-state index in [1.165, 1.54) is 32.1 Å². The van der Waals surface area contributed by atoms with Crippen LogP contribution in [0.5, 0.6) is 0 Å². The van der Waals surface area contributed by atoms with Gasteiger partial charge in [-0.1, -0.05) is 38.3 Å². The van der Waals surface area contributed by atoms with Crippen LogP contribution in [0, 0.1) is 6.92 Å². The lowest BCUT2D eigenvalue weighted by atomic mass is 9.96. The summed E-state index contributed by atoms with van der Waals surface area (Å²) in [6.07, 6.45) is 8.39. The third-order valence-corrected chi connectivity index (χ3v) is 5.92. The average Bonchev–Trinajstić information content (AvgIpc) is 3.33. The smallest absolute Gasteiger partial charge is 0.192 e. The minimum atomic E-state index is 0. The zero-order chi connectivity index (χ0) is 20.6. The molecule has 0 bridgehead atoms. The van der Waals surface area contributed by atoms with Crippen molar-refractivity contribution in [3.63, 3.8) is 0 Å². The highest BCUT2D eigenvalue weighted by atomic mass is 127. The van der Waals surface area contributed by atoms with Gasteiger partial charge < -0.3 is 19.7 Å². The van der Waals surface area contributed by atoms with Crippen LogP contribution >= 0.6 is 24.0 Å². The van der Waals surface area contributed by atoms with Gasteiger partial charge in [0, 0.05) is 25.1 Å². The van der Waals surface area contributed by atoms with Gasteiger partial charge in [-0.05, 0) is 32.6 Å². The van der Waals surface area contributed by atoms with Crippen LogP contribution in [0.4, 0.5) is 0 Å². The SMILES string of the molecule is CCC(CC)c1cc(CNC(=NCc2nnc(C)n2C)NC2CCCCC2)on1.I. The maximum Gasteiger partial charge on any atom is 0.192 e. The van der Waals surface area contributed by atoms with Crippen molar-refractivity contribution in [2.45, 2.75) is 90.8 Å². The second-order valence-electron chi connectivity index (χ2n) is 7.95. The van der Waals surface area contributed by atoms with Crippen molar-refractivity contribution in [1.82, 2.24) is 30.6 Å². The molecule has 168 valence electrons. The minimum Gasteiger partial charge on any atom is -0.359 e. The highest BCUT2D eigenvalue weighted by molar-refractivity contribution is 14.0. The van der Waals surface area contributed by atoms with Crippen molar-refractivity contribution in [1.29, 1.82) is 0 Å². The van der Waals surface area contributed by atoms with Crippen LogP contribution in [0.25, 0.3) is 0 Å². The lowest BCUT2D eigenvalue weighted by Crippen LogP contribution is -2.44. The van der Waals surface area contributed by atoms with Gasteiger partial charge in [0.25, 0.3) is 0 Å². The minimum absolute atomic E-state index is 0. The summed E-state index contributed by atoms with van der Waals surface area (Å²) >= 11 is 0. The number of hydrogen-bond acceptors (Lipinski definition) is 5. The Morgan fingerprint density at radius 3 is 2.60 bits per heavy atom. The number of nitrogens with zero attached hydrogens (tertiary/aromatic N) is 5. The van der Waals surface area contributed by atoms with E-state index >= 15 is 0 Å². The van der Waals surface area contributed by atoms with Gasteiger partial charge in [0.15, 0.2) is 17.5 Å². The number of hydrogen-bond donors (Lipinski definition) is 2. The average molecular weight is 529 g/mol. The van der Waals surface area contributed by atoms with Gasteiger partial charge in [-0.2, -0.15) is 0 Å². The van der Waals surface area contributed by atoms with Crippen LogP contribution in [0.3, 0.4) is 0 Å². The third kappa shape index (κ3) is 6.68. The molecule has 0 radical (unpaired) electrons.